The SMILES string of the molecule is CCCN(CCC)C(=O)c1cn2ccccc2n1. The number of carbonyl (C=O) groups is 1. The Hall–Kier alpha value is -1.84. The van der Waals surface area contributed by atoms with Crippen LogP contribution in [0, 0.1) is 0 Å². The number of amides is 1. The first-order valence-electron chi connectivity index (χ1n) is 6.49. The molecule has 1 amide bonds. The predicted octanol–water partition coefficient (Wildman–Crippen LogP) is 2.60. The molecule has 0 saturated carbocycles. The lowest BCUT2D eigenvalue weighted by molar-refractivity contribution is 0.0750. The second-order valence-electron chi connectivity index (χ2n) is 4.38. The fourth-order valence-corrected chi connectivity index (χ4v) is 2.05. The Kier molecular flexibility index (Phi) is 3.97. The Morgan fingerprint density at radius 3 is 2.61 bits per heavy atom. The molecule has 0 fully saturated rings. The molecule has 2 aromatic heterocycles. The van der Waals surface area contributed by atoms with Crippen molar-refractivity contribution in [2.75, 3.05) is 13.1 Å². The molecule has 2 rings (SSSR count). The second kappa shape index (κ2) is 5.67. The number of rotatable bonds is 5. The fourth-order valence-electron chi connectivity index (χ4n) is 2.05. The molecule has 0 aliphatic carbocycles. The minimum Gasteiger partial charge on any atom is -0.337 e. The van der Waals surface area contributed by atoms with Gasteiger partial charge in [0.1, 0.15) is 11.3 Å². The van der Waals surface area contributed by atoms with E-state index in [9.17, 15) is 4.79 Å². The molecule has 0 bridgehead atoms. The summed E-state index contributed by atoms with van der Waals surface area (Å²) >= 11 is 0. The topological polar surface area (TPSA) is 37.6 Å². The molecule has 2 heterocycles. The molecule has 0 aromatic carbocycles. The van der Waals surface area contributed by atoms with Crippen molar-refractivity contribution in [3.8, 4) is 0 Å². The summed E-state index contributed by atoms with van der Waals surface area (Å²) in [4.78, 5) is 18.6. The lowest BCUT2D eigenvalue weighted by atomic mass is 10.3. The van der Waals surface area contributed by atoms with Gasteiger partial charge in [-0.15, -0.1) is 0 Å². The molecule has 18 heavy (non-hydrogen) atoms. The number of fused-ring (bicyclic) bond motifs is 1. The largest absolute Gasteiger partial charge is 0.337 e. The third-order valence-corrected chi connectivity index (χ3v) is 2.86. The van der Waals surface area contributed by atoms with Crippen LogP contribution >= 0.6 is 0 Å². The van der Waals surface area contributed by atoms with Gasteiger partial charge in [-0.25, -0.2) is 4.98 Å². The number of nitrogens with zero attached hydrogens (tertiary/aromatic N) is 3. The van der Waals surface area contributed by atoms with Crippen molar-refractivity contribution in [3.63, 3.8) is 0 Å². The van der Waals surface area contributed by atoms with Gasteiger partial charge in [-0.05, 0) is 25.0 Å². The maximum atomic E-state index is 12.3. The Bertz CT molecular complexity index is 494. The highest BCUT2D eigenvalue weighted by Gasteiger charge is 2.17. The minimum atomic E-state index is 0.0300. The molecule has 0 radical (unpaired) electrons. The molecule has 4 heteroatoms. The highest BCUT2D eigenvalue weighted by atomic mass is 16.2. The first kappa shape index (κ1) is 12.6. The predicted molar refractivity (Wildman–Crippen MR) is 71.7 cm³/mol. The fraction of sp³-hybridized carbons (Fsp3) is 0.429. The van der Waals surface area contributed by atoms with Gasteiger partial charge in [0, 0.05) is 25.5 Å². The zero-order valence-corrected chi connectivity index (χ0v) is 11.0. The van der Waals surface area contributed by atoms with E-state index in [2.05, 4.69) is 18.8 Å². The Morgan fingerprint density at radius 1 is 1.28 bits per heavy atom. The maximum Gasteiger partial charge on any atom is 0.274 e. The van der Waals surface area contributed by atoms with Crippen LogP contribution in [0.2, 0.25) is 0 Å². The average molecular weight is 245 g/mol. The number of carbonyl (C=O) groups excluding carboxylic acids is 1. The molecule has 0 aliphatic heterocycles. The van der Waals surface area contributed by atoms with Crippen LogP contribution in [-0.4, -0.2) is 33.3 Å². The number of hydrogen-bond acceptors (Lipinski definition) is 2. The monoisotopic (exact) mass is 245 g/mol. The van der Waals surface area contributed by atoms with Crippen molar-refractivity contribution in [1.82, 2.24) is 14.3 Å². The first-order valence-corrected chi connectivity index (χ1v) is 6.49. The van der Waals surface area contributed by atoms with Crippen LogP contribution in [0.15, 0.2) is 30.6 Å². The van der Waals surface area contributed by atoms with Crippen molar-refractivity contribution in [2.45, 2.75) is 26.7 Å². The van der Waals surface area contributed by atoms with E-state index in [0.717, 1.165) is 31.6 Å². The van der Waals surface area contributed by atoms with Gasteiger partial charge in [0.15, 0.2) is 0 Å². The van der Waals surface area contributed by atoms with E-state index in [1.807, 2.05) is 33.7 Å². The van der Waals surface area contributed by atoms with Gasteiger partial charge in [-0.1, -0.05) is 19.9 Å². The average Bonchev–Trinajstić information content (AvgIpc) is 2.81. The van der Waals surface area contributed by atoms with Crippen molar-refractivity contribution in [2.24, 2.45) is 0 Å². The third kappa shape index (κ3) is 2.53. The van der Waals surface area contributed by atoms with Crippen LogP contribution in [-0.2, 0) is 0 Å². The molecule has 0 saturated heterocycles. The summed E-state index contributed by atoms with van der Waals surface area (Å²) in [6.45, 7) is 5.75. The Balaban J connectivity index is 2.25. The quantitative estimate of drug-likeness (QED) is 0.812. The molecular formula is C14H19N3O. The summed E-state index contributed by atoms with van der Waals surface area (Å²) in [6, 6.07) is 5.76. The van der Waals surface area contributed by atoms with Gasteiger partial charge in [0.25, 0.3) is 5.91 Å². The lowest BCUT2D eigenvalue weighted by Crippen LogP contribution is -2.32. The molecule has 0 aliphatic rings. The summed E-state index contributed by atoms with van der Waals surface area (Å²) in [5.41, 5.74) is 1.34. The van der Waals surface area contributed by atoms with E-state index in [1.54, 1.807) is 6.20 Å². The third-order valence-electron chi connectivity index (χ3n) is 2.86. The summed E-state index contributed by atoms with van der Waals surface area (Å²) in [5.74, 6) is 0.0300. The van der Waals surface area contributed by atoms with Gasteiger partial charge in [-0.3, -0.25) is 4.79 Å². The molecule has 0 spiro atoms. The van der Waals surface area contributed by atoms with Crippen LogP contribution in [0.25, 0.3) is 5.65 Å². The second-order valence-corrected chi connectivity index (χ2v) is 4.38. The van der Waals surface area contributed by atoms with E-state index in [1.165, 1.54) is 0 Å². The first-order chi connectivity index (χ1) is 8.76. The smallest absolute Gasteiger partial charge is 0.274 e. The highest BCUT2D eigenvalue weighted by molar-refractivity contribution is 5.92. The van der Waals surface area contributed by atoms with E-state index in [0.29, 0.717) is 5.69 Å². The van der Waals surface area contributed by atoms with Crippen molar-refractivity contribution in [3.05, 3.63) is 36.3 Å². The van der Waals surface area contributed by atoms with E-state index in [-0.39, 0.29) is 5.91 Å². The molecule has 2 aromatic rings. The zero-order valence-electron chi connectivity index (χ0n) is 11.0. The molecule has 0 N–H and O–H groups in total. The lowest BCUT2D eigenvalue weighted by Gasteiger charge is -2.20. The Morgan fingerprint density at radius 2 is 2.00 bits per heavy atom. The molecule has 0 atom stereocenters. The number of imidazole rings is 1. The van der Waals surface area contributed by atoms with E-state index in [4.69, 9.17) is 0 Å². The van der Waals surface area contributed by atoms with Gasteiger partial charge in [-0.2, -0.15) is 0 Å². The van der Waals surface area contributed by atoms with Crippen LogP contribution in [0.1, 0.15) is 37.2 Å². The van der Waals surface area contributed by atoms with Gasteiger partial charge in [0.05, 0.1) is 0 Å². The molecular weight excluding hydrogens is 226 g/mol. The number of pyridine rings is 1. The highest BCUT2D eigenvalue weighted by Crippen LogP contribution is 2.08. The molecule has 0 unspecified atom stereocenters. The van der Waals surface area contributed by atoms with Gasteiger partial charge in [0.2, 0.25) is 0 Å². The van der Waals surface area contributed by atoms with Crippen molar-refractivity contribution >= 4 is 11.6 Å². The summed E-state index contributed by atoms with van der Waals surface area (Å²) in [5, 5.41) is 0. The van der Waals surface area contributed by atoms with Crippen molar-refractivity contribution in [1.29, 1.82) is 0 Å². The van der Waals surface area contributed by atoms with Crippen LogP contribution in [0.3, 0.4) is 0 Å². The summed E-state index contributed by atoms with van der Waals surface area (Å²) < 4.78 is 1.88. The summed E-state index contributed by atoms with van der Waals surface area (Å²) in [7, 11) is 0. The maximum absolute atomic E-state index is 12.3. The Labute approximate surface area is 107 Å². The van der Waals surface area contributed by atoms with Gasteiger partial charge >= 0.3 is 0 Å². The number of aromatic nitrogens is 2. The standard InChI is InChI=1S/C14H19N3O/c1-3-8-16(9-4-2)14(18)12-11-17-10-6-5-7-13(17)15-12/h5-7,10-11H,3-4,8-9H2,1-2H3. The van der Waals surface area contributed by atoms with Crippen LogP contribution < -0.4 is 0 Å². The van der Waals surface area contributed by atoms with Crippen LogP contribution in [0.4, 0.5) is 0 Å². The van der Waals surface area contributed by atoms with E-state index >= 15 is 0 Å². The normalized spacial score (nSPS) is 10.8. The molecule has 96 valence electrons. The summed E-state index contributed by atoms with van der Waals surface area (Å²) in [6.07, 6.45) is 5.65. The van der Waals surface area contributed by atoms with Gasteiger partial charge < -0.3 is 9.30 Å². The molecule has 4 nitrogen and oxygen atoms in total. The van der Waals surface area contributed by atoms with Crippen LogP contribution in [0.5, 0.6) is 0 Å². The van der Waals surface area contributed by atoms with Crippen molar-refractivity contribution < 1.29 is 4.79 Å². The number of hydrogen-bond donors (Lipinski definition) is 0. The zero-order chi connectivity index (χ0) is 13.0. The van der Waals surface area contributed by atoms with E-state index < -0.39 is 0 Å². The minimum absolute atomic E-state index is 0.0300.